The lowest BCUT2D eigenvalue weighted by Gasteiger charge is -2.28. The van der Waals surface area contributed by atoms with Gasteiger partial charge in [0.2, 0.25) is 10.9 Å². The molecule has 2 aromatic rings. The second kappa shape index (κ2) is 4.47. The molecule has 1 unspecified atom stereocenters. The van der Waals surface area contributed by atoms with E-state index in [1.807, 2.05) is 13.0 Å². The normalized spacial score (nSPS) is 16.6. The van der Waals surface area contributed by atoms with Crippen LogP contribution in [-0.2, 0) is 6.42 Å². The van der Waals surface area contributed by atoms with E-state index in [0.717, 1.165) is 24.0 Å². The number of benzene rings is 1. The van der Waals surface area contributed by atoms with Crippen molar-refractivity contribution in [2.75, 3.05) is 14.2 Å². The summed E-state index contributed by atoms with van der Waals surface area (Å²) < 4.78 is 10.6. The SMILES string of the molecule is CCC1Cc2cc(OC)c(OC)cc2-c2c1c(=O)c2=O. The molecule has 0 radical (unpaired) electrons. The average molecular weight is 272 g/mol. The van der Waals surface area contributed by atoms with E-state index in [1.165, 1.54) is 0 Å². The summed E-state index contributed by atoms with van der Waals surface area (Å²) in [6, 6.07) is 3.72. The summed E-state index contributed by atoms with van der Waals surface area (Å²) in [6.45, 7) is 2.04. The van der Waals surface area contributed by atoms with Crippen molar-refractivity contribution >= 4 is 0 Å². The maximum Gasteiger partial charge on any atom is 0.234 e. The lowest BCUT2D eigenvalue weighted by Crippen LogP contribution is -2.41. The average Bonchev–Trinajstić information content (AvgIpc) is 2.50. The highest BCUT2D eigenvalue weighted by molar-refractivity contribution is 5.79. The summed E-state index contributed by atoms with van der Waals surface area (Å²) >= 11 is 0. The Morgan fingerprint density at radius 1 is 1.10 bits per heavy atom. The highest BCUT2D eigenvalue weighted by Gasteiger charge is 2.34. The molecule has 0 N–H and O–H groups in total. The van der Waals surface area contributed by atoms with Gasteiger partial charge in [-0.25, -0.2) is 0 Å². The molecule has 1 atom stereocenters. The van der Waals surface area contributed by atoms with Gasteiger partial charge in [-0.2, -0.15) is 0 Å². The maximum absolute atomic E-state index is 11.9. The van der Waals surface area contributed by atoms with Crippen molar-refractivity contribution < 1.29 is 9.47 Å². The zero-order valence-corrected chi connectivity index (χ0v) is 11.8. The summed E-state index contributed by atoms with van der Waals surface area (Å²) in [5.74, 6) is 1.38. The van der Waals surface area contributed by atoms with Gasteiger partial charge in [0.25, 0.3) is 0 Å². The van der Waals surface area contributed by atoms with E-state index >= 15 is 0 Å². The number of ether oxygens (including phenoxy) is 2. The van der Waals surface area contributed by atoms with Gasteiger partial charge in [-0.15, -0.1) is 0 Å². The van der Waals surface area contributed by atoms with Crippen molar-refractivity contribution in [3.05, 3.63) is 43.7 Å². The molecule has 3 rings (SSSR count). The monoisotopic (exact) mass is 272 g/mol. The van der Waals surface area contributed by atoms with E-state index in [0.29, 0.717) is 22.6 Å². The fraction of sp³-hybridized carbons (Fsp3) is 0.375. The summed E-state index contributed by atoms with van der Waals surface area (Å²) in [6.07, 6.45) is 1.62. The Morgan fingerprint density at radius 3 is 2.35 bits per heavy atom. The van der Waals surface area contributed by atoms with Gasteiger partial charge in [0.15, 0.2) is 11.5 Å². The molecule has 104 valence electrons. The molecule has 0 heterocycles. The Balaban J connectivity index is 2.25. The summed E-state index contributed by atoms with van der Waals surface area (Å²) in [5, 5.41) is 0. The molecular weight excluding hydrogens is 256 g/mol. The largest absolute Gasteiger partial charge is 0.493 e. The van der Waals surface area contributed by atoms with E-state index in [9.17, 15) is 9.59 Å². The number of hydrogen-bond donors (Lipinski definition) is 0. The van der Waals surface area contributed by atoms with Gasteiger partial charge in [-0.1, -0.05) is 6.92 Å². The Hall–Kier alpha value is -2.10. The molecule has 0 aliphatic heterocycles. The topological polar surface area (TPSA) is 52.6 Å². The molecule has 20 heavy (non-hydrogen) atoms. The second-order valence-electron chi connectivity index (χ2n) is 5.12. The quantitative estimate of drug-likeness (QED) is 0.802. The number of methoxy groups -OCH3 is 2. The first-order valence-electron chi connectivity index (χ1n) is 6.70. The minimum absolute atomic E-state index is 0.140. The molecule has 0 amide bonds. The fourth-order valence-electron chi connectivity index (χ4n) is 3.10. The van der Waals surface area contributed by atoms with Crippen molar-refractivity contribution in [3.63, 3.8) is 0 Å². The van der Waals surface area contributed by atoms with Crippen LogP contribution in [0.3, 0.4) is 0 Å². The highest BCUT2D eigenvalue weighted by Crippen LogP contribution is 2.43. The van der Waals surface area contributed by atoms with Crippen molar-refractivity contribution in [2.45, 2.75) is 25.7 Å². The molecule has 1 aliphatic rings. The smallest absolute Gasteiger partial charge is 0.234 e. The van der Waals surface area contributed by atoms with Crippen molar-refractivity contribution in [3.8, 4) is 22.6 Å². The summed E-state index contributed by atoms with van der Waals surface area (Å²) in [7, 11) is 3.15. The summed E-state index contributed by atoms with van der Waals surface area (Å²) in [4.78, 5) is 23.7. The molecule has 1 aliphatic carbocycles. The first kappa shape index (κ1) is 12.9. The molecule has 0 aromatic heterocycles. The highest BCUT2D eigenvalue weighted by atomic mass is 16.5. The molecule has 0 bridgehead atoms. The van der Waals surface area contributed by atoms with Crippen molar-refractivity contribution in [1.29, 1.82) is 0 Å². The van der Waals surface area contributed by atoms with Crippen LogP contribution in [0.2, 0.25) is 0 Å². The lowest BCUT2D eigenvalue weighted by atomic mass is 9.74. The first-order chi connectivity index (χ1) is 9.62. The molecule has 0 saturated carbocycles. The van der Waals surface area contributed by atoms with E-state index in [4.69, 9.17) is 9.47 Å². The van der Waals surface area contributed by atoms with Crippen LogP contribution >= 0.6 is 0 Å². The van der Waals surface area contributed by atoms with Crippen LogP contribution in [0.1, 0.15) is 30.4 Å². The molecule has 4 nitrogen and oxygen atoms in total. The minimum atomic E-state index is -0.369. The van der Waals surface area contributed by atoms with Gasteiger partial charge in [0.05, 0.1) is 14.2 Å². The second-order valence-corrected chi connectivity index (χ2v) is 5.12. The van der Waals surface area contributed by atoms with Gasteiger partial charge in [0, 0.05) is 11.1 Å². The van der Waals surface area contributed by atoms with E-state index in [1.54, 1.807) is 20.3 Å². The van der Waals surface area contributed by atoms with Crippen LogP contribution in [0.5, 0.6) is 11.5 Å². The Morgan fingerprint density at radius 2 is 1.75 bits per heavy atom. The molecule has 2 aromatic carbocycles. The van der Waals surface area contributed by atoms with Crippen LogP contribution in [0.15, 0.2) is 21.7 Å². The van der Waals surface area contributed by atoms with Crippen LogP contribution < -0.4 is 20.3 Å². The number of rotatable bonds is 3. The number of hydrogen-bond acceptors (Lipinski definition) is 4. The lowest BCUT2D eigenvalue weighted by molar-refractivity contribution is 0.354. The molecule has 0 fully saturated rings. The maximum atomic E-state index is 11.9. The minimum Gasteiger partial charge on any atom is -0.493 e. The fourth-order valence-corrected chi connectivity index (χ4v) is 3.10. The van der Waals surface area contributed by atoms with Crippen molar-refractivity contribution in [1.82, 2.24) is 0 Å². The third kappa shape index (κ3) is 1.54. The van der Waals surface area contributed by atoms with Crippen molar-refractivity contribution in [2.24, 2.45) is 0 Å². The zero-order chi connectivity index (χ0) is 14.4. The Kier molecular flexibility index (Phi) is 2.89. The van der Waals surface area contributed by atoms with Crippen LogP contribution in [0.25, 0.3) is 11.1 Å². The predicted octanol–water partition coefficient (Wildman–Crippen LogP) is 2.02. The molecule has 0 saturated heterocycles. The third-order valence-electron chi connectivity index (χ3n) is 4.19. The predicted molar refractivity (Wildman–Crippen MR) is 76.6 cm³/mol. The molecule has 4 heteroatoms. The van der Waals surface area contributed by atoms with E-state index < -0.39 is 0 Å². The van der Waals surface area contributed by atoms with E-state index in [2.05, 4.69) is 0 Å². The van der Waals surface area contributed by atoms with Gasteiger partial charge in [-0.3, -0.25) is 9.59 Å². The zero-order valence-electron chi connectivity index (χ0n) is 11.8. The third-order valence-corrected chi connectivity index (χ3v) is 4.19. The Bertz CT molecular complexity index is 751. The van der Waals surface area contributed by atoms with Crippen LogP contribution in [0.4, 0.5) is 0 Å². The van der Waals surface area contributed by atoms with Gasteiger partial charge >= 0.3 is 0 Å². The standard InChI is InChI=1S/C16H16O4/c1-4-8-5-9-6-11(19-2)12(20-3)7-10(9)14-13(8)15(17)16(14)18/h6-8H,4-5H2,1-3H3. The molecular formula is C16H16O4. The van der Waals surface area contributed by atoms with Crippen LogP contribution in [0, 0.1) is 0 Å². The van der Waals surface area contributed by atoms with Crippen LogP contribution in [-0.4, -0.2) is 14.2 Å². The summed E-state index contributed by atoms with van der Waals surface area (Å²) in [5.41, 5.74) is 2.49. The molecule has 0 spiro atoms. The first-order valence-corrected chi connectivity index (χ1v) is 6.70. The van der Waals surface area contributed by atoms with Gasteiger partial charge < -0.3 is 9.47 Å². The van der Waals surface area contributed by atoms with E-state index in [-0.39, 0.29) is 16.8 Å². The Labute approximate surface area is 116 Å². The van der Waals surface area contributed by atoms with Gasteiger partial charge in [0.1, 0.15) is 0 Å². The number of fused-ring (bicyclic) bond motifs is 3. The van der Waals surface area contributed by atoms with Gasteiger partial charge in [-0.05, 0) is 42.0 Å².